The van der Waals surface area contributed by atoms with Crippen molar-refractivity contribution in [2.24, 2.45) is 0 Å². The van der Waals surface area contributed by atoms with E-state index >= 15 is 0 Å². The smallest absolute Gasteiger partial charge is 0.352 e. The number of hydrogen-bond donors (Lipinski definition) is 3. The van der Waals surface area contributed by atoms with E-state index in [1.165, 1.54) is 6.92 Å². The minimum atomic E-state index is -1.31. The molecule has 1 saturated heterocycles. The number of β-lactam (4-membered cyclic amide) rings is 1. The lowest BCUT2D eigenvalue weighted by Crippen LogP contribution is -2.70. The lowest BCUT2D eigenvalue weighted by atomic mass is 9.88. The van der Waals surface area contributed by atoms with Crippen molar-refractivity contribution in [2.75, 3.05) is 6.61 Å². The molecule has 0 spiro atoms. The van der Waals surface area contributed by atoms with Crippen molar-refractivity contribution >= 4 is 29.7 Å². The van der Waals surface area contributed by atoms with Crippen molar-refractivity contribution in [2.45, 2.75) is 71.4 Å². The predicted octanol–water partition coefficient (Wildman–Crippen LogP) is 1.05. The Morgan fingerprint density at radius 2 is 1.79 bits per heavy atom. The third-order valence-corrected chi connectivity index (χ3v) is 4.57. The summed E-state index contributed by atoms with van der Waals surface area (Å²) in [7, 11) is 0. The van der Waals surface area contributed by atoms with Gasteiger partial charge in [-0.1, -0.05) is 20.3 Å². The minimum Gasteiger partial charge on any atom is -0.481 e. The number of likely N-dealkylation sites (tertiary alicyclic amines) is 1. The van der Waals surface area contributed by atoms with E-state index < -0.39 is 41.8 Å². The van der Waals surface area contributed by atoms with Crippen molar-refractivity contribution in [1.82, 2.24) is 10.2 Å². The molecule has 3 N–H and O–H groups in total. The van der Waals surface area contributed by atoms with Gasteiger partial charge in [-0.15, -0.1) is 0 Å². The number of carbonyl (C=O) groups is 5. The second-order valence-electron chi connectivity index (χ2n) is 6.75. The number of ether oxygens (including phenoxy) is 1. The number of esters is 1. The van der Waals surface area contributed by atoms with Gasteiger partial charge in [-0.05, 0) is 24.8 Å². The molecule has 0 aliphatic carbocycles. The average Bonchev–Trinajstić information content (AvgIpc) is 2.64. The van der Waals surface area contributed by atoms with Crippen LogP contribution in [0.2, 0.25) is 0 Å². The van der Waals surface area contributed by atoms with Gasteiger partial charge >= 0.3 is 17.9 Å². The number of nitrogens with one attached hydrogen (secondary N) is 1. The second kappa shape index (κ2) is 11.2. The number of carboxylic acids is 2. The molecular weight excluding hydrogens is 384 g/mol. The Hall–Kier alpha value is -2.91. The number of carbonyl (C=O) groups excluding carboxylic acids is 3. The van der Waals surface area contributed by atoms with Gasteiger partial charge in [0.2, 0.25) is 5.91 Å². The van der Waals surface area contributed by atoms with Gasteiger partial charge in [0, 0.05) is 19.8 Å². The van der Waals surface area contributed by atoms with Crippen LogP contribution in [0, 0.1) is 0 Å². The van der Waals surface area contributed by atoms with Crippen molar-refractivity contribution < 1.29 is 38.9 Å². The molecule has 2 atom stereocenters. The fraction of sp³-hybridized carbons (Fsp3) is 0.632. The van der Waals surface area contributed by atoms with Crippen LogP contribution in [0.3, 0.4) is 0 Å². The van der Waals surface area contributed by atoms with Gasteiger partial charge < -0.3 is 20.3 Å². The predicted molar refractivity (Wildman–Crippen MR) is 101 cm³/mol. The first kappa shape index (κ1) is 24.1. The number of amides is 2. The Morgan fingerprint density at radius 1 is 1.14 bits per heavy atom. The molecule has 0 saturated carbocycles. The van der Waals surface area contributed by atoms with E-state index in [4.69, 9.17) is 9.84 Å². The monoisotopic (exact) mass is 412 g/mol. The largest absolute Gasteiger partial charge is 0.481 e. The topological polar surface area (TPSA) is 150 Å². The van der Waals surface area contributed by atoms with Crippen LogP contribution in [0.25, 0.3) is 0 Å². The highest BCUT2D eigenvalue weighted by atomic mass is 16.5. The van der Waals surface area contributed by atoms with Crippen molar-refractivity contribution in [3.05, 3.63) is 11.3 Å². The zero-order valence-corrected chi connectivity index (χ0v) is 16.9. The highest BCUT2D eigenvalue weighted by Gasteiger charge is 2.51. The summed E-state index contributed by atoms with van der Waals surface area (Å²) in [6.07, 6.45) is 1.34. The summed E-state index contributed by atoms with van der Waals surface area (Å²) in [5.74, 6) is -3.89. The van der Waals surface area contributed by atoms with Crippen molar-refractivity contribution in [3.63, 3.8) is 0 Å². The maximum absolute atomic E-state index is 12.7. The zero-order chi connectivity index (χ0) is 22.1. The van der Waals surface area contributed by atoms with Gasteiger partial charge in [0.15, 0.2) is 0 Å². The van der Waals surface area contributed by atoms with Gasteiger partial charge in [0.05, 0.1) is 6.04 Å². The Balaban J connectivity index is 3.00. The standard InChI is InChI=1S/C19H28N2O8/c1-4-7-13-16(20-14(23)8-6-9-15(24)25)18(26)21(13)17(19(27)28)12(5-2)10-29-11(3)22/h13,16H,4-10H2,1-3H3,(H,20,23)(H,24,25)(H,27,28)/b17-12+. The first-order valence-corrected chi connectivity index (χ1v) is 9.56. The molecule has 0 bridgehead atoms. The highest BCUT2D eigenvalue weighted by molar-refractivity contribution is 6.01. The van der Waals surface area contributed by atoms with Crippen LogP contribution in [0.4, 0.5) is 0 Å². The fourth-order valence-corrected chi connectivity index (χ4v) is 3.17. The van der Waals surface area contributed by atoms with Crippen LogP contribution in [0.15, 0.2) is 11.3 Å². The number of carboxylic acid groups (broad SMARTS) is 2. The normalized spacial score (nSPS) is 19.1. The summed E-state index contributed by atoms with van der Waals surface area (Å²) in [5, 5.41) is 20.9. The maximum atomic E-state index is 12.7. The van der Waals surface area contributed by atoms with Gasteiger partial charge in [0.25, 0.3) is 5.91 Å². The SMILES string of the molecule is CCCC1C(NC(=O)CCCC(=O)O)C(=O)N1/C(C(=O)O)=C(\CC)COC(C)=O. The lowest BCUT2D eigenvalue weighted by molar-refractivity contribution is -0.155. The van der Waals surface area contributed by atoms with E-state index in [0.717, 1.165) is 4.90 Å². The molecule has 2 amide bonds. The molecule has 1 rings (SSSR count). The molecule has 1 aliphatic heterocycles. The molecule has 1 fully saturated rings. The van der Waals surface area contributed by atoms with E-state index in [1.54, 1.807) is 6.92 Å². The molecule has 1 heterocycles. The van der Waals surface area contributed by atoms with E-state index in [1.807, 2.05) is 6.92 Å². The lowest BCUT2D eigenvalue weighted by Gasteiger charge is -2.47. The van der Waals surface area contributed by atoms with E-state index in [9.17, 15) is 29.1 Å². The van der Waals surface area contributed by atoms with Gasteiger partial charge in [0.1, 0.15) is 18.3 Å². The molecule has 0 aromatic carbocycles. The summed E-state index contributed by atoms with van der Waals surface area (Å²) in [6.45, 7) is 4.54. The summed E-state index contributed by atoms with van der Waals surface area (Å²) in [4.78, 5) is 59.4. The molecule has 0 radical (unpaired) electrons. The first-order valence-electron chi connectivity index (χ1n) is 9.56. The minimum absolute atomic E-state index is 0.0385. The quantitative estimate of drug-likeness (QED) is 0.244. The number of nitrogens with zero attached hydrogens (tertiary/aromatic N) is 1. The van der Waals surface area contributed by atoms with E-state index in [0.29, 0.717) is 18.4 Å². The number of rotatable bonds is 12. The molecule has 162 valence electrons. The maximum Gasteiger partial charge on any atom is 0.352 e. The zero-order valence-electron chi connectivity index (χ0n) is 16.9. The van der Waals surface area contributed by atoms with Crippen LogP contribution in [-0.2, 0) is 28.7 Å². The van der Waals surface area contributed by atoms with Crippen LogP contribution >= 0.6 is 0 Å². The molecule has 10 nitrogen and oxygen atoms in total. The third kappa shape index (κ3) is 6.58. The first-order chi connectivity index (χ1) is 13.6. The highest BCUT2D eigenvalue weighted by Crippen LogP contribution is 2.31. The Labute approximate surface area is 168 Å². The van der Waals surface area contributed by atoms with Crippen LogP contribution in [0.1, 0.15) is 59.3 Å². The summed E-state index contributed by atoms with van der Waals surface area (Å²) < 4.78 is 4.91. The molecule has 2 unspecified atom stereocenters. The summed E-state index contributed by atoms with van der Waals surface area (Å²) >= 11 is 0. The van der Waals surface area contributed by atoms with Gasteiger partial charge in [-0.3, -0.25) is 24.1 Å². The summed E-state index contributed by atoms with van der Waals surface area (Å²) in [5.41, 5.74) is 0.0713. The second-order valence-corrected chi connectivity index (χ2v) is 6.75. The van der Waals surface area contributed by atoms with Gasteiger partial charge in [-0.25, -0.2) is 4.79 Å². The summed E-state index contributed by atoms with van der Waals surface area (Å²) in [6, 6.07) is -1.41. The van der Waals surface area contributed by atoms with E-state index in [-0.39, 0.29) is 38.0 Å². The Kier molecular flexibility index (Phi) is 9.30. The van der Waals surface area contributed by atoms with Crippen LogP contribution < -0.4 is 5.32 Å². The number of aliphatic carboxylic acids is 2. The van der Waals surface area contributed by atoms with Crippen molar-refractivity contribution in [3.8, 4) is 0 Å². The molecule has 29 heavy (non-hydrogen) atoms. The molecule has 0 aromatic rings. The number of hydrogen-bond acceptors (Lipinski definition) is 6. The van der Waals surface area contributed by atoms with Crippen LogP contribution in [-0.4, -0.2) is 63.5 Å². The Bertz CT molecular complexity index is 700. The third-order valence-electron chi connectivity index (χ3n) is 4.57. The average molecular weight is 412 g/mol. The van der Waals surface area contributed by atoms with Crippen LogP contribution in [0.5, 0.6) is 0 Å². The molecule has 1 aliphatic rings. The molecular formula is C19H28N2O8. The Morgan fingerprint density at radius 3 is 2.28 bits per heavy atom. The molecule has 10 heteroatoms. The van der Waals surface area contributed by atoms with E-state index in [2.05, 4.69) is 5.32 Å². The van der Waals surface area contributed by atoms with Crippen molar-refractivity contribution in [1.29, 1.82) is 0 Å². The molecule has 0 aromatic heterocycles. The van der Waals surface area contributed by atoms with Gasteiger partial charge in [-0.2, -0.15) is 0 Å². The fourth-order valence-electron chi connectivity index (χ4n) is 3.17.